The monoisotopic (exact) mass is 341 g/mol. The third-order valence-corrected chi connectivity index (χ3v) is 4.46. The molecule has 5 heteroatoms. The van der Waals surface area contributed by atoms with Crippen LogP contribution in [0.2, 0.25) is 5.02 Å². The first-order valence-corrected chi connectivity index (χ1v) is 8.30. The first-order valence-electron chi connectivity index (χ1n) is 7.92. The van der Waals surface area contributed by atoms with Gasteiger partial charge in [0, 0.05) is 34.6 Å². The second kappa shape index (κ2) is 7.51. The molecule has 2 aromatic carbocycles. The molecule has 3 N–H and O–H groups in total. The Labute approximate surface area is 146 Å². The molecule has 124 valence electrons. The molecule has 0 aliphatic heterocycles. The van der Waals surface area contributed by atoms with Crippen LogP contribution in [0.25, 0.3) is 10.9 Å². The van der Waals surface area contributed by atoms with E-state index in [4.69, 9.17) is 11.6 Å². The van der Waals surface area contributed by atoms with Crippen LogP contribution in [-0.4, -0.2) is 31.0 Å². The number of rotatable bonds is 6. The summed E-state index contributed by atoms with van der Waals surface area (Å²) in [5.41, 5.74) is 3.21. The summed E-state index contributed by atoms with van der Waals surface area (Å²) in [7, 11) is 1.75. The number of hydrogen-bond donors (Lipinski definition) is 3. The first-order chi connectivity index (χ1) is 11.7. The second-order valence-corrected chi connectivity index (χ2v) is 6.11. The minimum Gasteiger partial charge on any atom is -0.361 e. The number of carbonyl (C=O) groups is 1. The maximum Gasteiger partial charge on any atom is 0.233 e. The molecule has 0 saturated carbocycles. The maximum absolute atomic E-state index is 11.9. The van der Waals surface area contributed by atoms with E-state index in [1.165, 1.54) is 0 Å². The zero-order chi connectivity index (χ0) is 16.9. The lowest BCUT2D eigenvalue weighted by atomic mass is 9.90. The van der Waals surface area contributed by atoms with Crippen LogP contribution in [0.3, 0.4) is 0 Å². The van der Waals surface area contributed by atoms with Crippen LogP contribution in [0.15, 0.2) is 54.7 Å². The van der Waals surface area contributed by atoms with Gasteiger partial charge in [0.15, 0.2) is 0 Å². The van der Waals surface area contributed by atoms with Gasteiger partial charge >= 0.3 is 0 Å². The molecule has 0 saturated heterocycles. The summed E-state index contributed by atoms with van der Waals surface area (Å²) in [5, 5.41) is 7.70. The van der Waals surface area contributed by atoms with Crippen molar-refractivity contribution in [1.82, 2.24) is 15.6 Å². The van der Waals surface area contributed by atoms with Gasteiger partial charge < -0.3 is 15.6 Å². The van der Waals surface area contributed by atoms with Crippen LogP contribution in [0.1, 0.15) is 17.0 Å². The van der Waals surface area contributed by atoms with E-state index in [9.17, 15) is 4.79 Å². The molecule has 0 radical (unpaired) electrons. The molecule has 1 aromatic heterocycles. The van der Waals surface area contributed by atoms with E-state index < -0.39 is 0 Å². The summed E-state index contributed by atoms with van der Waals surface area (Å²) in [6.45, 7) is 0.787. The van der Waals surface area contributed by atoms with E-state index in [0.29, 0.717) is 18.1 Å². The zero-order valence-electron chi connectivity index (χ0n) is 13.5. The quantitative estimate of drug-likeness (QED) is 0.644. The van der Waals surface area contributed by atoms with Crippen molar-refractivity contribution in [3.8, 4) is 0 Å². The zero-order valence-corrected chi connectivity index (χ0v) is 14.2. The molecule has 3 rings (SSSR count). The molecule has 4 nitrogen and oxygen atoms in total. The standard InChI is InChI=1S/C19H20ClN3O/c1-21-12-19(24)23-11-15(13-6-2-4-8-17(13)20)16-10-22-18-9-5-3-7-14(16)18/h2-10,15,21-22H,11-12H2,1H3,(H,23,24). The smallest absolute Gasteiger partial charge is 0.233 e. The van der Waals surface area contributed by atoms with Crippen molar-refractivity contribution >= 4 is 28.4 Å². The number of nitrogens with one attached hydrogen (secondary N) is 3. The van der Waals surface area contributed by atoms with Gasteiger partial charge in [-0.1, -0.05) is 48.0 Å². The predicted molar refractivity (Wildman–Crippen MR) is 98.5 cm³/mol. The molecule has 24 heavy (non-hydrogen) atoms. The fourth-order valence-corrected chi connectivity index (χ4v) is 3.23. The van der Waals surface area contributed by atoms with Crippen LogP contribution in [0.4, 0.5) is 0 Å². The Kier molecular flexibility index (Phi) is 5.18. The highest BCUT2D eigenvalue weighted by atomic mass is 35.5. The first kappa shape index (κ1) is 16.6. The Morgan fingerprint density at radius 1 is 1.12 bits per heavy atom. The third kappa shape index (κ3) is 3.45. The number of fused-ring (bicyclic) bond motifs is 1. The lowest BCUT2D eigenvalue weighted by Gasteiger charge is -2.19. The molecule has 0 aliphatic carbocycles. The molecule has 1 amide bonds. The molecular formula is C19H20ClN3O. The Balaban J connectivity index is 1.99. The highest BCUT2D eigenvalue weighted by molar-refractivity contribution is 6.31. The second-order valence-electron chi connectivity index (χ2n) is 5.70. The van der Waals surface area contributed by atoms with Gasteiger partial charge in [-0.25, -0.2) is 0 Å². The fourth-order valence-electron chi connectivity index (χ4n) is 2.97. The van der Waals surface area contributed by atoms with E-state index in [1.54, 1.807) is 7.05 Å². The van der Waals surface area contributed by atoms with E-state index >= 15 is 0 Å². The van der Waals surface area contributed by atoms with Gasteiger partial charge in [-0.05, 0) is 30.3 Å². The SMILES string of the molecule is CNCC(=O)NCC(c1ccccc1Cl)c1c[nH]c2ccccc12. The molecule has 0 bridgehead atoms. The van der Waals surface area contributed by atoms with Crippen LogP contribution < -0.4 is 10.6 Å². The minimum absolute atomic E-state index is 0.0179. The lowest BCUT2D eigenvalue weighted by Crippen LogP contribution is -2.35. The van der Waals surface area contributed by atoms with E-state index in [0.717, 1.165) is 22.0 Å². The Morgan fingerprint density at radius 3 is 2.67 bits per heavy atom. The van der Waals surface area contributed by atoms with Gasteiger partial charge in [0.1, 0.15) is 0 Å². The number of benzene rings is 2. The minimum atomic E-state index is -0.0330. The Morgan fingerprint density at radius 2 is 1.88 bits per heavy atom. The van der Waals surface area contributed by atoms with Crippen LogP contribution in [0, 0.1) is 0 Å². The highest BCUT2D eigenvalue weighted by Gasteiger charge is 2.20. The summed E-state index contributed by atoms with van der Waals surface area (Å²) in [6, 6.07) is 15.9. The number of para-hydroxylation sites is 1. The van der Waals surface area contributed by atoms with Crippen LogP contribution in [0.5, 0.6) is 0 Å². The van der Waals surface area contributed by atoms with E-state index in [2.05, 4.69) is 21.7 Å². The number of carbonyl (C=O) groups excluding carboxylic acids is 1. The topological polar surface area (TPSA) is 56.9 Å². The molecular weight excluding hydrogens is 322 g/mol. The van der Waals surface area contributed by atoms with Crippen molar-refractivity contribution < 1.29 is 4.79 Å². The highest BCUT2D eigenvalue weighted by Crippen LogP contribution is 2.33. The Bertz CT molecular complexity index is 843. The fraction of sp³-hybridized carbons (Fsp3) is 0.211. The number of H-pyrrole nitrogens is 1. The molecule has 0 spiro atoms. The van der Waals surface area contributed by atoms with Gasteiger partial charge in [-0.15, -0.1) is 0 Å². The molecule has 1 atom stereocenters. The summed E-state index contributed by atoms with van der Waals surface area (Å²) in [5.74, 6) is -0.0509. The normalized spacial score (nSPS) is 12.2. The van der Waals surface area contributed by atoms with E-state index in [1.807, 2.05) is 48.7 Å². The molecule has 1 unspecified atom stereocenters. The maximum atomic E-state index is 11.9. The predicted octanol–water partition coefficient (Wildman–Crippen LogP) is 3.29. The van der Waals surface area contributed by atoms with E-state index in [-0.39, 0.29) is 11.8 Å². The van der Waals surface area contributed by atoms with Gasteiger partial charge in [-0.2, -0.15) is 0 Å². The third-order valence-electron chi connectivity index (χ3n) is 4.12. The number of aromatic amines is 1. The largest absolute Gasteiger partial charge is 0.361 e. The summed E-state index contributed by atoms with van der Waals surface area (Å²) >= 11 is 6.43. The van der Waals surface area contributed by atoms with Crippen molar-refractivity contribution in [2.45, 2.75) is 5.92 Å². The molecule has 3 aromatic rings. The summed E-state index contributed by atoms with van der Waals surface area (Å²) in [4.78, 5) is 15.2. The van der Waals surface area contributed by atoms with Gasteiger partial charge in [0.05, 0.1) is 6.54 Å². The van der Waals surface area contributed by atoms with Gasteiger partial charge in [-0.3, -0.25) is 4.79 Å². The summed E-state index contributed by atoms with van der Waals surface area (Å²) in [6.07, 6.45) is 2.00. The van der Waals surface area contributed by atoms with Crippen molar-refractivity contribution in [2.24, 2.45) is 0 Å². The van der Waals surface area contributed by atoms with Gasteiger partial charge in [0.25, 0.3) is 0 Å². The molecule has 1 heterocycles. The number of hydrogen-bond acceptors (Lipinski definition) is 2. The molecule has 0 aliphatic rings. The van der Waals surface area contributed by atoms with Crippen molar-refractivity contribution in [2.75, 3.05) is 20.1 Å². The van der Waals surface area contributed by atoms with Gasteiger partial charge in [0.2, 0.25) is 5.91 Å². The molecule has 0 fully saturated rings. The van der Waals surface area contributed by atoms with Crippen LogP contribution in [-0.2, 0) is 4.79 Å². The van der Waals surface area contributed by atoms with Crippen molar-refractivity contribution in [3.05, 3.63) is 70.9 Å². The van der Waals surface area contributed by atoms with Crippen molar-refractivity contribution in [1.29, 1.82) is 0 Å². The number of likely N-dealkylation sites (N-methyl/N-ethyl adjacent to an activating group) is 1. The number of aromatic nitrogens is 1. The average molecular weight is 342 g/mol. The Hall–Kier alpha value is -2.30. The number of halogens is 1. The van der Waals surface area contributed by atoms with Crippen molar-refractivity contribution in [3.63, 3.8) is 0 Å². The van der Waals surface area contributed by atoms with Crippen LogP contribution >= 0.6 is 11.6 Å². The lowest BCUT2D eigenvalue weighted by molar-refractivity contribution is -0.120. The average Bonchev–Trinajstić information content (AvgIpc) is 3.01. The number of amides is 1. The summed E-state index contributed by atoms with van der Waals surface area (Å²) < 4.78 is 0.